The lowest BCUT2D eigenvalue weighted by Crippen LogP contribution is -2.03. The molecule has 0 aliphatic rings. The summed E-state index contributed by atoms with van der Waals surface area (Å²) in [6.07, 6.45) is 0.460. The van der Waals surface area contributed by atoms with Gasteiger partial charge in [0.15, 0.2) is 0 Å². The van der Waals surface area contributed by atoms with Crippen LogP contribution in [0.4, 0.5) is 0 Å². The molecule has 0 saturated heterocycles. The number of aliphatic hydroxyl groups is 1. The van der Waals surface area contributed by atoms with Gasteiger partial charge in [-0.25, -0.2) is 0 Å². The SMILES string of the molecule is C[C@H](O)Cc1ccc2ccccc2c1. The summed E-state index contributed by atoms with van der Waals surface area (Å²) in [4.78, 5) is 0. The van der Waals surface area contributed by atoms with Crippen LogP contribution in [0.1, 0.15) is 12.5 Å². The highest BCUT2D eigenvalue weighted by molar-refractivity contribution is 5.82. The summed E-state index contributed by atoms with van der Waals surface area (Å²) in [6, 6.07) is 14.6. The Morgan fingerprint density at radius 1 is 1.07 bits per heavy atom. The summed E-state index contributed by atoms with van der Waals surface area (Å²) in [5.74, 6) is 0. The van der Waals surface area contributed by atoms with E-state index in [1.54, 1.807) is 0 Å². The first-order valence-corrected chi connectivity index (χ1v) is 4.91. The molecule has 0 unspecified atom stereocenters. The predicted molar refractivity (Wildman–Crippen MR) is 59.3 cm³/mol. The molecule has 0 radical (unpaired) electrons. The van der Waals surface area contributed by atoms with Crippen LogP contribution in [0.15, 0.2) is 42.5 Å². The lowest BCUT2D eigenvalue weighted by Gasteiger charge is -2.05. The molecule has 0 saturated carbocycles. The second-order valence-corrected chi connectivity index (χ2v) is 3.73. The van der Waals surface area contributed by atoms with Crippen molar-refractivity contribution in [2.75, 3.05) is 0 Å². The van der Waals surface area contributed by atoms with Gasteiger partial charge in [0, 0.05) is 0 Å². The average Bonchev–Trinajstić information content (AvgIpc) is 2.17. The zero-order valence-electron chi connectivity index (χ0n) is 8.27. The van der Waals surface area contributed by atoms with Gasteiger partial charge < -0.3 is 5.11 Å². The van der Waals surface area contributed by atoms with Gasteiger partial charge in [0.2, 0.25) is 0 Å². The Kier molecular flexibility index (Phi) is 2.51. The highest BCUT2D eigenvalue weighted by Crippen LogP contribution is 2.16. The van der Waals surface area contributed by atoms with Gasteiger partial charge in [-0.1, -0.05) is 42.5 Å². The van der Waals surface area contributed by atoms with Crippen LogP contribution in [0.5, 0.6) is 0 Å². The number of fused-ring (bicyclic) bond motifs is 1. The van der Waals surface area contributed by atoms with Crippen molar-refractivity contribution in [3.8, 4) is 0 Å². The van der Waals surface area contributed by atoms with E-state index < -0.39 is 0 Å². The van der Waals surface area contributed by atoms with Gasteiger partial charge in [-0.2, -0.15) is 0 Å². The van der Waals surface area contributed by atoms with Crippen LogP contribution in [0.25, 0.3) is 10.8 Å². The van der Waals surface area contributed by atoms with Crippen LogP contribution in [-0.2, 0) is 6.42 Å². The van der Waals surface area contributed by atoms with E-state index in [9.17, 15) is 5.11 Å². The molecular weight excluding hydrogens is 172 g/mol. The van der Waals surface area contributed by atoms with Crippen LogP contribution >= 0.6 is 0 Å². The Morgan fingerprint density at radius 3 is 2.50 bits per heavy atom. The molecule has 0 amide bonds. The van der Waals surface area contributed by atoms with E-state index >= 15 is 0 Å². The van der Waals surface area contributed by atoms with Gasteiger partial charge >= 0.3 is 0 Å². The Balaban J connectivity index is 2.41. The Hall–Kier alpha value is -1.34. The van der Waals surface area contributed by atoms with Crippen LogP contribution in [0, 0.1) is 0 Å². The Bertz CT molecular complexity index is 432. The van der Waals surface area contributed by atoms with Crippen LogP contribution in [0.3, 0.4) is 0 Å². The van der Waals surface area contributed by atoms with Gasteiger partial charge in [-0.15, -0.1) is 0 Å². The molecule has 0 fully saturated rings. The van der Waals surface area contributed by atoms with E-state index in [2.05, 4.69) is 30.3 Å². The van der Waals surface area contributed by atoms with Crippen molar-refractivity contribution in [3.63, 3.8) is 0 Å². The number of hydrogen-bond acceptors (Lipinski definition) is 1. The molecule has 1 atom stereocenters. The number of hydrogen-bond donors (Lipinski definition) is 1. The zero-order valence-corrected chi connectivity index (χ0v) is 8.27. The molecule has 1 N–H and O–H groups in total. The van der Waals surface area contributed by atoms with Crippen molar-refractivity contribution in [1.82, 2.24) is 0 Å². The lowest BCUT2D eigenvalue weighted by molar-refractivity contribution is 0.195. The van der Waals surface area contributed by atoms with E-state index in [1.807, 2.05) is 19.1 Å². The molecule has 0 bridgehead atoms. The quantitative estimate of drug-likeness (QED) is 0.764. The molecule has 0 heterocycles. The van der Waals surface area contributed by atoms with Crippen LogP contribution in [0.2, 0.25) is 0 Å². The third-order valence-corrected chi connectivity index (χ3v) is 2.34. The second kappa shape index (κ2) is 3.81. The molecule has 2 aromatic rings. The molecule has 0 aliphatic carbocycles. The molecule has 2 rings (SSSR count). The molecule has 1 nitrogen and oxygen atoms in total. The van der Waals surface area contributed by atoms with E-state index in [4.69, 9.17) is 0 Å². The fourth-order valence-corrected chi connectivity index (χ4v) is 1.71. The summed E-state index contributed by atoms with van der Waals surface area (Å²) in [7, 11) is 0. The van der Waals surface area contributed by atoms with Crippen molar-refractivity contribution in [1.29, 1.82) is 0 Å². The third kappa shape index (κ3) is 1.94. The van der Waals surface area contributed by atoms with Gasteiger partial charge in [-0.05, 0) is 29.7 Å². The molecule has 14 heavy (non-hydrogen) atoms. The summed E-state index contributed by atoms with van der Waals surface area (Å²) >= 11 is 0. The highest BCUT2D eigenvalue weighted by Gasteiger charge is 1.99. The maximum absolute atomic E-state index is 9.28. The minimum atomic E-state index is -0.267. The molecule has 2 aromatic carbocycles. The number of benzene rings is 2. The van der Waals surface area contributed by atoms with E-state index in [0.717, 1.165) is 6.42 Å². The fraction of sp³-hybridized carbons (Fsp3) is 0.231. The first-order valence-electron chi connectivity index (χ1n) is 4.91. The topological polar surface area (TPSA) is 20.2 Å². The molecule has 1 heteroatoms. The normalized spacial score (nSPS) is 13.0. The van der Waals surface area contributed by atoms with Crippen molar-refractivity contribution in [2.24, 2.45) is 0 Å². The molecular formula is C13H14O. The fourth-order valence-electron chi connectivity index (χ4n) is 1.71. The largest absolute Gasteiger partial charge is 0.393 e. The summed E-state index contributed by atoms with van der Waals surface area (Å²) in [6.45, 7) is 1.81. The average molecular weight is 186 g/mol. The molecule has 0 aromatic heterocycles. The van der Waals surface area contributed by atoms with Crippen LogP contribution in [-0.4, -0.2) is 11.2 Å². The van der Waals surface area contributed by atoms with E-state index in [0.29, 0.717) is 0 Å². The third-order valence-electron chi connectivity index (χ3n) is 2.34. The van der Waals surface area contributed by atoms with Gasteiger partial charge in [0.25, 0.3) is 0 Å². The second-order valence-electron chi connectivity index (χ2n) is 3.73. The molecule has 0 spiro atoms. The van der Waals surface area contributed by atoms with Crippen molar-refractivity contribution >= 4 is 10.8 Å². The maximum Gasteiger partial charge on any atom is 0.0552 e. The summed E-state index contributed by atoms with van der Waals surface area (Å²) in [5.41, 5.74) is 1.19. The van der Waals surface area contributed by atoms with Gasteiger partial charge in [-0.3, -0.25) is 0 Å². The predicted octanol–water partition coefficient (Wildman–Crippen LogP) is 2.76. The Morgan fingerprint density at radius 2 is 1.79 bits per heavy atom. The van der Waals surface area contributed by atoms with Crippen molar-refractivity contribution in [2.45, 2.75) is 19.4 Å². The minimum Gasteiger partial charge on any atom is -0.393 e. The van der Waals surface area contributed by atoms with Gasteiger partial charge in [0.1, 0.15) is 0 Å². The molecule has 0 aliphatic heterocycles. The first-order chi connectivity index (χ1) is 6.75. The number of aliphatic hydroxyl groups excluding tert-OH is 1. The van der Waals surface area contributed by atoms with Gasteiger partial charge in [0.05, 0.1) is 6.10 Å². The highest BCUT2D eigenvalue weighted by atomic mass is 16.3. The summed E-state index contributed by atoms with van der Waals surface area (Å²) < 4.78 is 0. The zero-order chi connectivity index (χ0) is 9.97. The standard InChI is InChI=1S/C13H14O/c1-10(14)8-11-6-7-12-4-2-3-5-13(12)9-11/h2-7,9-10,14H,8H2,1H3/t10-/m0/s1. The van der Waals surface area contributed by atoms with E-state index in [1.165, 1.54) is 16.3 Å². The minimum absolute atomic E-state index is 0.267. The Labute approximate surface area is 84.0 Å². The summed E-state index contributed by atoms with van der Waals surface area (Å²) in [5, 5.41) is 11.8. The number of rotatable bonds is 2. The lowest BCUT2D eigenvalue weighted by atomic mass is 10.0. The van der Waals surface area contributed by atoms with E-state index in [-0.39, 0.29) is 6.10 Å². The van der Waals surface area contributed by atoms with Crippen molar-refractivity contribution in [3.05, 3.63) is 48.0 Å². The first kappa shape index (κ1) is 9.22. The smallest absolute Gasteiger partial charge is 0.0552 e. The van der Waals surface area contributed by atoms with Crippen molar-refractivity contribution < 1.29 is 5.11 Å². The van der Waals surface area contributed by atoms with Crippen LogP contribution < -0.4 is 0 Å². The monoisotopic (exact) mass is 186 g/mol. The maximum atomic E-state index is 9.28. The molecule has 72 valence electrons.